The highest BCUT2D eigenvalue weighted by Crippen LogP contribution is 2.25. The second kappa shape index (κ2) is 15.0. The molecule has 12 heteroatoms. The molecule has 3 rings (SSSR count). The molecule has 1 atom stereocenters. The quantitative estimate of drug-likeness (QED) is 0.243. The molecular weight excluding hydrogens is 558 g/mol. The molecule has 1 saturated heterocycles. The van der Waals surface area contributed by atoms with Crippen molar-refractivity contribution in [3.63, 3.8) is 0 Å². The van der Waals surface area contributed by atoms with Crippen molar-refractivity contribution in [2.75, 3.05) is 32.8 Å². The van der Waals surface area contributed by atoms with Gasteiger partial charge in [0.25, 0.3) is 5.91 Å². The molecule has 0 radical (unpaired) electrons. The lowest BCUT2D eigenvalue weighted by molar-refractivity contribution is -0.155. The first-order valence-electron chi connectivity index (χ1n) is 14.2. The van der Waals surface area contributed by atoms with E-state index >= 15 is 0 Å². The van der Waals surface area contributed by atoms with Crippen molar-refractivity contribution >= 4 is 35.6 Å². The van der Waals surface area contributed by atoms with E-state index in [1.54, 1.807) is 43.6 Å². The number of hydrogen-bond donors (Lipinski definition) is 1. The summed E-state index contributed by atoms with van der Waals surface area (Å²) >= 11 is 1.50. The number of amides is 3. The van der Waals surface area contributed by atoms with E-state index in [4.69, 9.17) is 9.47 Å². The standard InChI is InChI=1S/C30H41N5O6S/c1-7-40-29(39)35-17-15-34(16-18-35)28(38)22(13-14-25(36)41-30(4,5)6)32-27(37)23-19-24(42-20(2)3)33-26(31-23)21-11-9-8-10-12-21/h8-12,19-20,22H,7,13-18H2,1-6H3,(H,32,37). The van der Waals surface area contributed by atoms with E-state index in [-0.39, 0.29) is 49.4 Å². The number of thioether (sulfide) groups is 1. The Morgan fingerprint density at radius 2 is 1.64 bits per heavy atom. The summed E-state index contributed by atoms with van der Waals surface area (Å²) < 4.78 is 10.5. The molecule has 0 saturated carbocycles. The monoisotopic (exact) mass is 599 g/mol. The zero-order chi connectivity index (χ0) is 30.9. The van der Waals surface area contributed by atoms with Crippen LogP contribution in [0.2, 0.25) is 0 Å². The summed E-state index contributed by atoms with van der Waals surface area (Å²) in [6, 6.07) is 9.96. The maximum Gasteiger partial charge on any atom is 0.409 e. The Bertz CT molecular complexity index is 1240. The molecule has 1 fully saturated rings. The Kier molecular flexibility index (Phi) is 11.7. The van der Waals surface area contributed by atoms with Crippen LogP contribution in [0.5, 0.6) is 0 Å². The van der Waals surface area contributed by atoms with Crippen molar-refractivity contribution in [3.05, 3.63) is 42.1 Å². The first kappa shape index (κ1) is 32.8. The minimum Gasteiger partial charge on any atom is -0.460 e. The van der Waals surface area contributed by atoms with E-state index in [0.717, 1.165) is 5.56 Å². The van der Waals surface area contributed by atoms with Crippen molar-refractivity contribution in [1.82, 2.24) is 25.1 Å². The summed E-state index contributed by atoms with van der Waals surface area (Å²) in [5.41, 5.74) is 0.201. The molecule has 1 aromatic carbocycles. The van der Waals surface area contributed by atoms with Gasteiger partial charge < -0.3 is 24.6 Å². The maximum absolute atomic E-state index is 13.7. The van der Waals surface area contributed by atoms with Crippen LogP contribution in [0.4, 0.5) is 4.79 Å². The van der Waals surface area contributed by atoms with E-state index in [0.29, 0.717) is 23.9 Å². The van der Waals surface area contributed by atoms with Crippen LogP contribution in [0.1, 0.15) is 64.9 Å². The number of nitrogens with zero attached hydrogens (tertiary/aromatic N) is 4. The Morgan fingerprint density at radius 3 is 2.24 bits per heavy atom. The van der Waals surface area contributed by atoms with Gasteiger partial charge in [-0.05, 0) is 34.1 Å². The highest BCUT2D eigenvalue weighted by molar-refractivity contribution is 7.99. The molecule has 1 aliphatic heterocycles. The number of rotatable bonds is 10. The zero-order valence-corrected chi connectivity index (χ0v) is 26.0. The largest absolute Gasteiger partial charge is 0.460 e. The first-order chi connectivity index (χ1) is 19.9. The molecule has 0 aliphatic carbocycles. The molecule has 1 unspecified atom stereocenters. The first-order valence-corrected chi connectivity index (χ1v) is 15.1. The smallest absolute Gasteiger partial charge is 0.409 e. The molecule has 3 amide bonds. The Balaban J connectivity index is 1.82. The van der Waals surface area contributed by atoms with Crippen LogP contribution >= 0.6 is 11.8 Å². The Labute approximate surface area is 251 Å². The SMILES string of the molecule is CCOC(=O)N1CCN(C(=O)C(CCC(=O)OC(C)(C)C)NC(=O)c2cc(SC(C)C)nc(-c3ccccc3)n2)CC1. The Morgan fingerprint density at radius 1 is 1.00 bits per heavy atom. The number of piperazine rings is 1. The average Bonchev–Trinajstić information content (AvgIpc) is 2.94. The highest BCUT2D eigenvalue weighted by Gasteiger charge is 2.32. The van der Waals surface area contributed by atoms with Gasteiger partial charge in [-0.2, -0.15) is 0 Å². The summed E-state index contributed by atoms with van der Waals surface area (Å²) in [4.78, 5) is 64.1. The van der Waals surface area contributed by atoms with Crippen LogP contribution in [0.25, 0.3) is 11.4 Å². The second-order valence-corrected chi connectivity index (χ2v) is 12.7. The molecule has 42 heavy (non-hydrogen) atoms. The van der Waals surface area contributed by atoms with Gasteiger partial charge in [-0.25, -0.2) is 14.8 Å². The van der Waals surface area contributed by atoms with Crippen LogP contribution in [-0.4, -0.2) is 93.3 Å². The van der Waals surface area contributed by atoms with Gasteiger partial charge >= 0.3 is 12.1 Å². The molecule has 1 aromatic heterocycles. The predicted octanol–water partition coefficient (Wildman–Crippen LogP) is 4.17. The van der Waals surface area contributed by atoms with Crippen LogP contribution in [0, 0.1) is 0 Å². The number of carbonyl (C=O) groups is 4. The third-order valence-corrected chi connectivity index (χ3v) is 7.02. The molecule has 228 valence electrons. The normalized spacial score (nSPS) is 14.4. The summed E-state index contributed by atoms with van der Waals surface area (Å²) in [7, 11) is 0. The van der Waals surface area contributed by atoms with Crippen molar-refractivity contribution in [1.29, 1.82) is 0 Å². The summed E-state index contributed by atoms with van der Waals surface area (Å²) in [6.07, 6.45) is -0.445. The third kappa shape index (κ3) is 10.0. The van der Waals surface area contributed by atoms with Crippen LogP contribution in [0.15, 0.2) is 41.4 Å². The number of carbonyl (C=O) groups excluding carboxylic acids is 4. The lowest BCUT2D eigenvalue weighted by Crippen LogP contribution is -2.56. The lowest BCUT2D eigenvalue weighted by atomic mass is 10.1. The summed E-state index contributed by atoms with van der Waals surface area (Å²) in [6.45, 7) is 12.5. The molecule has 2 heterocycles. The van der Waals surface area contributed by atoms with Gasteiger partial charge in [0, 0.05) is 49.5 Å². The Hall–Kier alpha value is -3.67. The highest BCUT2D eigenvalue weighted by atomic mass is 32.2. The second-order valence-electron chi connectivity index (χ2n) is 11.1. The van der Waals surface area contributed by atoms with Gasteiger partial charge in [-0.1, -0.05) is 44.2 Å². The molecule has 11 nitrogen and oxygen atoms in total. The van der Waals surface area contributed by atoms with Crippen molar-refractivity contribution in [2.24, 2.45) is 0 Å². The van der Waals surface area contributed by atoms with Gasteiger partial charge in [0.1, 0.15) is 22.4 Å². The van der Waals surface area contributed by atoms with Gasteiger partial charge in [0.2, 0.25) is 5.91 Å². The minimum absolute atomic E-state index is 0.0435. The number of nitrogens with one attached hydrogen (secondary N) is 1. The fourth-order valence-corrected chi connectivity index (χ4v) is 5.05. The maximum atomic E-state index is 13.7. The molecule has 1 N–H and O–H groups in total. The van der Waals surface area contributed by atoms with Crippen molar-refractivity contribution in [3.8, 4) is 11.4 Å². The molecule has 0 bridgehead atoms. The van der Waals surface area contributed by atoms with Crippen molar-refractivity contribution < 1.29 is 28.7 Å². The zero-order valence-electron chi connectivity index (χ0n) is 25.2. The van der Waals surface area contributed by atoms with E-state index in [2.05, 4.69) is 15.3 Å². The lowest BCUT2D eigenvalue weighted by Gasteiger charge is -2.36. The topological polar surface area (TPSA) is 131 Å². The van der Waals surface area contributed by atoms with Gasteiger partial charge in [0.15, 0.2) is 5.82 Å². The van der Waals surface area contributed by atoms with Gasteiger partial charge in [-0.15, -0.1) is 11.8 Å². The number of ether oxygens (including phenoxy) is 2. The molecule has 0 spiro atoms. The van der Waals surface area contributed by atoms with Crippen molar-refractivity contribution in [2.45, 2.75) is 76.3 Å². The number of aromatic nitrogens is 2. The average molecular weight is 600 g/mol. The fourth-order valence-electron chi connectivity index (χ4n) is 4.25. The van der Waals surface area contributed by atoms with E-state index in [1.165, 1.54) is 11.8 Å². The molecular formula is C30H41N5O6S. The third-order valence-electron chi connectivity index (χ3n) is 6.10. The summed E-state index contributed by atoms with van der Waals surface area (Å²) in [5.74, 6) is -0.957. The number of hydrogen-bond acceptors (Lipinski definition) is 9. The predicted molar refractivity (Wildman–Crippen MR) is 160 cm³/mol. The van der Waals surface area contributed by atoms with Gasteiger partial charge in [-0.3, -0.25) is 14.4 Å². The minimum atomic E-state index is -1.00. The van der Waals surface area contributed by atoms with Crippen LogP contribution in [-0.2, 0) is 19.1 Å². The van der Waals surface area contributed by atoms with Gasteiger partial charge in [0.05, 0.1) is 6.61 Å². The summed E-state index contributed by atoms with van der Waals surface area (Å²) in [5, 5.41) is 3.67. The molecule has 1 aliphatic rings. The van der Waals surface area contributed by atoms with E-state index in [9.17, 15) is 19.2 Å². The van der Waals surface area contributed by atoms with E-state index in [1.807, 2.05) is 44.2 Å². The van der Waals surface area contributed by atoms with Crippen LogP contribution < -0.4 is 5.32 Å². The fraction of sp³-hybridized carbons (Fsp3) is 0.533. The van der Waals surface area contributed by atoms with Crippen LogP contribution in [0.3, 0.4) is 0 Å². The van der Waals surface area contributed by atoms with E-state index < -0.39 is 29.6 Å². The number of esters is 1. The number of benzene rings is 1. The molecule has 2 aromatic rings.